The van der Waals surface area contributed by atoms with E-state index in [1.165, 1.54) is 11.8 Å². The monoisotopic (exact) mass is 250 g/mol. The molecular weight excluding hydrogens is 239 g/mol. The maximum absolute atomic E-state index is 9.35. The lowest BCUT2D eigenvalue weighted by Crippen LogP contribution is -2.14. The molecular formula is C10H12Cl2OS. The quantitative estimate of drug-likeness (QED) is 0.823. The third-order valence-corrected chi connectivity index (χ3v) is 3.92. The van der Waals surface area contributed by atoms with Gasteiger partial charge in [0.2, 0.25) is 0 Å². The van der Waals surface area contributed by atoms with Gasteiger partial charge in [-0.25, -0.2) is 0 Å². The Morgan fingerprint density at radius 1 is 1.29 bits per heavy atom. The van der Waals surface area contributed by atoms with Crippen molar-refractivity contribution in [1.82, 2.24) is 0 Å². The average molecular weight is 251 g/mol. The summed E-state index contributed by atoms with van der Waals surface area (Å²) < 4.78 is 0. The molecule has 1 aromatic carbocycles. The maximum Gasteiger partial charge on any atom is 0.0631 e. The molecule has 0 fully saturated rings. The Hall–Kier alpha value is 0.110. The molecule has 0 amide bonds. The zero-order chi connectivity index (χ0) is 10.7. The molecule has 0 heterocycles. The summed E-state index contributed by atoms with van der Waals surface area (Å²) >= 11 is 13.4. The molecule has 1 nitrogen and oxygen atoms in total. The highest BCUT2D eigenvalue weighted by molar-refractivity contribution is 8.00. The Kier molecular flexibility index (Phi) is 4.58. The van der Waals surface area contributed by atoms with Gasteiger partial charge in [-0.15, -0.1) is 11.8 Å². The fourth-order valence-corrected chi connectivity index (χ4v) is 2.33. The van der Waals surface area contributed by atoms with E-state index in [4.69, 9.17) is 23.2 Å². The highest BCUT2D eigenvalue weighted by atomic mass is 35.5. The Morgan fingerprint density at radius 3 is 2.50 bits per heavy atom. The molecule has 1 aromatic rings. The van der Waals surface area contributed by atoms with Crippen LogP contribution in [0.15, 0.2) is 23.1 Å². The molecule has 78 valence electrons. The summed E-state index contributed by atoms with van der Waals surface area (Å²) in [6.07, 6.45) is -0.366. The fraction of sp³-hybridized carbons (Fsp3) is 0.400. The van der Waals surface area contributed by atoms with Crippen molar-refractivity contribution in [1.29, 1.82) is 0 Å². The molecule has 1 N–H and O–H groups in total. The van der Waals surface area contributed by atoms with Gasteiger partial charge >= 0.3 is 0 Å². The molecule has 4 heteroatoms. The van der Waals surface area contributed by atoms with E-state index < -0.39 is 0 Å². The Bertz CT molecular complexity index is 315. The molecule has 0 bridgehead atoms. The van der Waals surface area contributed by atoms with Crippen LogP contribution in [-0.4, -0.2) is 16.5 Å². The standard InChI is InChI=1S/C10H12Cl2OS/c1-6(13)7(2)14-10-5-8(11)3-4-9(10)12/h3-7,13H,1-2H3. The number of hydrogen-bond acceptors (Lipinski definition) is 2. The molecule has 0 radical (unpaired) electrons. The first kappa shape index (κ1) is 12.2. The van der Waals surface area contributed by atoms with Crippen molar-refractivity contribution >= 4 is 35.0 Å². The van der Waals surface area contributed by atoms with Gasteiger partial charge in [-0.2, -0.15) is 0 Å². The van der Waals surface area contributed by atoms with E-state index >= 15 is 0 Å². The van der Waals surface area contributed by atoms with Crippen LogP contribution in [0.1, 0.15) is 13.8 Å². The molecule has 2 unspecified atom stereocenters. The molecule has 0 saturated carbocycles. The summed E-state index contributed by atoms with van der Waals surface area (Å²) in [5.41, 5.74) is 0. The first-order valence-corrected chi connectivity index (χ1v) is 5.94. The predicted molar refractivity (Wildman–Crippen MR) is 63.5 cm³/mol. The topological polar surface area (TPSA) is 20.2 Å². The highest BCUT2D eigenvalue weighted by Crippen LogP contribution is 2.33. The van der Waals surface area contributed by atoms with Crippen molar-refractivity contribution in [2.24, 2.45) is 0 Å². The van der Waals surface area contributed by atoms with Gasteiger partial charge in [-0.05, 0) is 25.1 Å². The Balaban J connectivity index is 2.80. The van der Waals surface area contributed by atoms with Crippen LogP contribution in [0.25, 0.3) is 0 Å². The van der Waals surface area contributed by atoms with Gasteiger partial charge in [-0.1, -0.05) is 30.1 Å². The van der Waals surface area contributed by atoms with E-state index in [2.05, 4.69) is 0 Å². The zero-order valence-electron chi connectivity index (χ0n) is 8.00. The van der Waals surface area contributed by atoms with E-state index in [-0.39, 0.29) is 11.4 Å². The van der Waals surface area contributed by atoms with Gasteiger partial charge in [0, 0.05) is 15.2 Å². The number of halogens is 2. The summed E-state index contributed by atoms with van der Waals surface area (Å²) in [4.78, 5) is 0.910. The summed E-state index contributed by atoms with van der Waals surface area (Å²) in [7, 11) is 0. The number of aliphatic hydroxyl groups is 1. The third kappa shape index (κ3) is 3.35. The Labute approximate surface area is 98.4 Å². The van der Waals surface area contributed by atoms with Crippen molar-refractivity contribution in [3.05, 3.63) is 28.2 Å². The van der Waals surface area contributed by atoms with Crippen LogP contribution in [0, 0.1) is 0 Å². The van der Waals surface area contributed by atoms with E-state index in [0.717, 1.165) is 4.90 Å². The molecule has 14 heavy (non-hydrogen) atoms. The summed E-state index contributed by atoms with van der Waals surface area (Å²) in [5.74, 6) is 0. The summed E-state index contributed by atoms with van der Waals surface area (Å²) in [5, 5.41) is 10.8. The maximum atomic E-state index is 9.35. The SMILES string of the molecule is CC(O)C(C)Sc1cc(Cl)ccc1Cl. The van der Waals surface area contributed by atoms with Crippen molar-refractivity contribution in [2.75, 3.05) is 0 Å². The number of thioether (sulfide) groups is 1. The lowest BCUT2D eigenvalue weighted by molar-refractivity contribution is 0.196. The molecule has 1 rings (SSSR count). The first-order chi connectivity index (χ1) is 6.50. The van der Waals surface area contributed by atoms with Gasteiger partial charge in [0.05, 0.1) is 11.1 Å². The first-order valence-electron chi connectivity index (χ1n) is 4.30. The van der Waals surface area contributed by atoms with E-state index in [0.29, 0.717) is 10.0 Å². The van der Waals surface area contributed by atoms with Crippen molar-refractivity contribution in [2.45, 2.75) is 30.1 Å². The van der Waals surface area contributed by atoms with Crippen LogP contribution >= 0.6 is 35.0 Å². The molecule has 0 aliphatic carbocycles. The smallest absolute Gasteiger partial charge is 0.0631 e. The zero-order valence-corrected chi connectivity index (χ0v) is 10.3. The fourth-order valence-electron chi connectivity index (χ4n) is 0.866. The van der Waals surface area contributed by atoms with Crippen LogP contribution < -0.4 is 0 Å². The van der Waals surface area contributed by atoms with Crippen LogP contribution in [0.3, 0.4) is 0 Å². The second kappa shape index (κ2) is 5.26. The van der Waals surface area contributed by atoms with Gasteiger partial charge in [0.15, 0.2) is 0 Å². The number of aliphatic hydroxyl groups excluding tert-OH is 1. The van der Waals surface area contributed by atoms with Crippen LogP contribution in [0.5, 0.6) is 0 Å². The molecule has 0 spiro atoms. The molecule has 0 saturated heterocycles. The Morgan fingerprint density at radius 2 is 1.93 bits per heavy atom. The number of hydrogen-bond donors (Lipinski definition) is 1. The van der Waals surface area contributed by atoms with E-state index in [1.807, 2.05) is 13.0 Å². The lowest BCUT2D eigenvalue weighted by Gasteiger charge is -2.14. The van der Waals surface area contributed by atoms with Crippen LogP contribution in [-0.2, 0) is 0 Å². The second-order valence-corrected chi connectivity index (χ2v) is 5.40. The molecule has 0 aliphatic rings. The normalized spacial score (nSPS) is 15.2. The molecule has 0 aromatic heterocycles. The third-order valence-electron chi connectivity index (χ3n) is 1.89. The van der Waals surface area contributed by atoms with Crippen molar-refractivity contribution in [3.8, 4) is 0 Å². The summed E-state index contributed by atoms with van der Waals surface area (Å²) in [6, 6.07) is 5.33. The molecule has 0 aliphatic heterocycles. The van der Waals surface area contributed by atoms with Gasteiger partial charge in [-0.3, -0.25) is 0 Å². The lowest BCUT2D eigenvalue weighted by atomic mass is 10.3. The van der Waals surface area contributed by atoms with Gasteiger partial charge in [0.25, 0.3) is 0 Å². The minimum absolute atomic E-state index is 0.103. The van der Waals surface area contributed by atoms with Gasteiger partial charge in [0.1, 0.15) is 0 Å². The minimum atomic E-state index is -0.366. The predicted octanol–water partition coefficient (Wildman–Crippen LogP) is 3.85. The average Bonchev–Trinajstić information content (AvgIpc) is 2.11. The number of rotatable bonds is 3. The molecule has 2 atom stereocenters. The highest BCUT2D eigenvalue weighted by Gasteiger charge is 2.12. The largest absolute Gasteiger partial charge is 0.392 e. The summed E-state index contributed by atoms with van der Waals surface area (Å²) in [6.45, 7) is 3.71. The van der Waals surface area contributed by atoms with Gasteiger partial charge < -0.3 is 5.11 Å². The van der Waals surface area contributed by atoms with E-state index in [1.54, 1.807) is 19.1 Å². The van der Waals surface area contributed by atoms with Crippen LogP contribution in [0.2, 0.25) is 10.0 Å². The van der Waals surface area contributed by atoms with Crippen molar-refractivity contribution < 1.29 is 5.11 Å². The number of benzene rings is 1. The van der Waals surface area contributed by atoms with Crippen molar-refractivity contribution in [3.63, 3.8) is 0 Å². The van der Waals surface area contributed by atoms with Crippen LogP contribution in [0.4, 0.5) is 0 Å². The van der Waals surface area contributed by atoms with E-state index in [9.17, 15) is 5.11 Å². The minimum Gasteiger partial charge on any atom is -0.392 e. The second-order valence-electron chi connectivity index (χ2n) is 3.14.